The number of nitrogens with one attached hydrogen (secondary N) is 1. The number of carbonyl (C=O) groups is 2. The Balaban J connectivity index is 1.69. The van der Waals surface area contributed by atoms with Gasteiger partial charge in [-0.15, -0.1) is 0 Å². The topological polar surface area (TPSA) is 154 Å². The molecular weight excluding hydrogens is 545 g/mol. The highest BCUT2D eigenvalue weighted by Gasteiger charge is 2.27. The van der Waals surface area contributed by atoms with Gasteiger partial charge in [-0.3, -0.25) is 23.4 Å². The van der Waals surface area contributed by atoms with Crippen molar-refractivity contribution in [3.05, 3.63) is 64.7 Å². The van der Waals surface area contributed by atoms with Crippen molar-refractivity contribution in [2.45, 2.75) is 46.1 Å². The van der Waals surface area contributed by atoms with E-state index in [1.54, 1.807) is 83.5 Å². The maximum atomic E-state index is 13.4. The molecule has 1 aromatic carbocycles. The largest absolute Gasteiger partial charge is 0.510 e. The molecule has 0 radical (unpaired) electrons. The molecule has 3 aromatic rings. The molecule has 0 aliphatic heterocycles. The van der Waals surface area contributed by atoms with Crippen molar-refractivity contribution in [2.75, 3.05) is 18.9 Å². The Kier molecular flexibility index (Phi) is 10.7. The first-order valence-electron chi connectivity index (χ1n) is 12.3. The molecular formula is C26H32N3O10P. The first-order valence-corrected chi connectivity index (χ1v) is 14.0. The Morgan fingerprint density at radius 3 is 2.05 bits per heavy atom. The van der Waals surface area contributed by atoms with Crippen LogP contribution < -0.4 is 10.9 Å². The molecule has 0 aliphatic rings. The number of pyridine rings is 2. The number of rotatable bonds is 12. The number of aromatic nitrogens is 2. The fourth-order valence-corrected chi connectivity index (χ4v) is 4.65. The monoisotopic (exact) mass is 577 g/mol. The van der Waals surface area contributed by atoms with E-state index in [0.717, 1.165) is 0 Å². The van der Waals surface area contributed by atoms with Crippen LogP contribution in [-0.4, -0.2) is 47.7 Å². The summed E-state index contributed by atoms with van der Waals surface area (Å²) in [4.78, 5) is 39.8. The summed E-state index contributed by atoms with van der Waals surface area (Å²) in [6.07, 6.45) is 0.134. The van der Waals surface area contributed by atoms with Crippen LogP contribution in [0.3, 0.4) is 0 Å². The molecule has 14 heteroatoms. The zero-order valence-electron chi connectivity index (χ0n) is 22.8. The molecule has 0 aliphatic carbocycles. The summed E-state index contributed by atoms with van der Waals surface area (Å²) in [5.41, 5.74) is 2.05. The minimum absolute atomic E-state index is 0.213. The minimum Gasteiger partial charge on any atom is -0.432 e. The van der Waals surface area contributed by atoms with Crippen molar-refractivity contribution in [1.82, 2.24) is 9.55 Å². The number of hydrogen-bond donors (Lipinski definition) is 1. The van der Waals surface area contributed by atoms with Crippen LogP contribution in [0.25, 0.3) is 10.9 Å². The number of benzene rings is 1. The second-order valence-corrected chi connectivity index (χ2v) is 11.1. The summed E-state index contributed by atoms with van der Waals surface area (Å²) in [6, 6.07) is 10.4. The van der Waals surface area contributed by atoms with E-state index >= 15 is 0 Å². The third-order valence-corrected chi connectivity index (χ3v) is 6.85. The van der Waals surface area contributed by atoms with Crippen LogP contribution in [0.2, 0.25) is 0 Å². The maximum Gasteiger partial charge on any atom is 0.510 e. The number of anilines is 2. The highest BCUT2D eigenvalue weighted by molar-refractivity contribution is 7.53. The Labute approximate surface area is 230 Å². The van der Waals surface area contributed by atoms with E-state index in [4.69, 9.17) is 28.0 Å². The van der Waals surface area contributed by atoms with E-state index in [1.807, 2.05) is 0 Å². The minimum atomic E-state index is -3.98. The number of nitrogens with zero attached hydrogens (tertiary/aromatic N) is 2. The van der Waals surface area contributed by atoms with Crippen molar-refractivity contribution in [1.29, 1.82) is 0 Å². The second kappa shape index (κ2) is 13.9. The van der Waals surface area contributed by atoms with E-state index in [9.17, 15) is 18.9 Å². The average molecular weight is 578 g/mol. The lowest BCUT2D eigenvalue weighted by atomic mass is 10.2. The van der Waals surface area contributed by atoms with Crippen LogP contribution in [0.15, 0.2) is 53.6 Å². The van der Waals surface area contributed by atoms with Gasteiger partial charge in [0.15, 0.2) is 0 Å². The second-order valence-electron chi connectivity index (χ2n) is 9.06. The molecule has 3 rings (SSSR count). The first kappa shape index (κ1) is 30.6. The molecule has 0 saturated heterocycles. The Bertz CT molecular complexity index is 1390. The lowest BCUT2D eigenvalue weighted by molar-refractivity contribution is -0.0304. The average Bonchev–Trinajstić information content (AvgIpc) is 2.87. The molecule has 0 spiro atoms. The number of hydrogen-bond acceptors (Lipinski definition) is 12. The molecule has 0 saturated carbocycles. The quantitative estimate of drug-likeness (QED) is 0.166. The molecule has 0 bridgehead atoms. The summed E-state index contributed by atoms with van der Waals surface area (Å²) in [5.74, 6) is 0. The summed E-state index contributed by atoms with van der Waals surface area (Å²) in [6.45, 7) is 5.13. The lowest BCUT2D eigenvalue weighted by Crippen LogP contribution is -2.16. The SMILES string of the molecule is CC(C)OC(=O)OCOP(=O)(Cc1ccc(Nc2ccnc3c(=O)n(C)ccc23)cc1)OCOC(=O)OC(C)C. The smallest absolute Gasteiger partial charge is 0.432 e. The van der Waals surface area contributed by atoms with Crippen LogP contribution in [0.4, 0.5) is 21.0 Å². The van der Waals surface area contributed by atoms with Gasteiger partial charge in [-0.25, -0.2) is 9.59 Å². The molecule has 0 atom stereocenters. The number of aryl methyl sites for hydroxylation is 1. The van der Waals surface area contributed by atoms with Crippen LogP contribution in [0, 0.1) is 0 Å². The van der Waals surface area contributed by atoms with Gasteiger partial charge in [0.05, 0.1) is 18.4 Å². The summed E-state index contributed by atoms with van der Waals surface area (Å²) in [7, 11) is -2.32. The lowest BCUT2D eigenvalue weighted by Gasteiger charge is -2.19. The van der Waals surface area contributed by atoms with Crippen LogP contribution in [-0.2, 0) is 45.8 Å². The van der Waals surface area contributed by atoms with Crippen molar-refractivity contribution >= 4 is 42.2 Å². The summed E-state index contributed by atoms with van der Waals surface area (Å²) < 4.78 is 44.7. The highest BCUT2D eigenvalue weighted by atomic mass is 31.2. The predicted molar refractivity (Wildman–Crippen MR) is 145 cm³/mol. The van der Waals surface area contributed by atoms with Gasteiger partial charge in [-0.2, -0.15) is 0 Å². The fraction of sp³-hybridized carbons (Fsp3) is 0.385. The Hall–Kier alpha value is -3.93. The maximum absolute atomic E-state index is 13.4. The van der Waals surface area contributed by atoms with Crippen LogP contribution in [0.5, 0.6) is 0 Å². The Morgan fingerprint density at radius 1 is 0.925 bits per heavy atom. The number of ether oxygens (including phenoxy) is 4. The van der Waals surface area contributed by atoms with Crippen molar-refractivity contribution in [3.63, 3.8) is 0 Å². The van der Waals surface area contributed by atoms with E-state index in [0.29, 0.717) is 27.8 Å². The molecule has 216 valence electrons. The van der Waals surface area contributed by atoms with E-state index in [1.165, 1.54) is 4.57 Å². The van der Waals surface area contributed by atoms with Crippen molar-refractivity contribution in [2.24, 2.45) is 7.05 Å². The molecule has 0 fully saturated rings. The summed E-state index contributed by atoms with van der Waals surface area (Å²) in [5, 5.41) is 3.91. The third kappa shape index (κ3) is 9.08. The first-order chi connectivity index (χ1) is 19.0. The molecule has 40 heavy (non-hydrogen) atoms. The van der Waals surface area contributed by atoms with Gasteiger partial charge in [0.25, 0.3) is 5.56 Å². The van der Waals surface area contributed by atoms with E-state index in [2.05, 4.69) is 10.3 Å². The van der Waals surface area contributed by atoms with E-state index in [-0.39, 0.29) is 11.7 Å². The molecule has 13 nitrogen and oxygen atoms in total. The van der Waals surface area contributed by atoms with Crippen LogP contribution in [0.1, 0.15) is 33.3 Å². The van der Waals surface area contributed by atoms with Crippen molar-refractivity contribution < 1.29 is 42.1 Å². The molecule has 0 unspecified atom stereocenters. The van der Waals surface area contributed by atoms with Gasteiger partial charge in [0.1, 0.15) is 5.52 Å². The van der Waals surface area contributed by atoms with Gasteiger partial charge in [0.2, 0.25) is 13.6 Å². The van der Waals surface area contributed by atoms with Crippen molar-refractivity contribution in [3.8, 4) is 0 Å². The van der Waals surface area contributed by atoms with Gasteiger partial charge in [0, 0.05) is 36.2 Å². The summed E-state index contributed by atoms with van der Waals surface area (Å²) >= 11 is 0. The number of carbonyl (C=O) groups excluding carboxylic acids is 2. The predicted octanol–water partition coefficient (Wildman–Crippen LogP) is 5.44. The van der Waals surface area contributed by atoms with Gasteiger partial charge in [-0.05, 0) is 57.5 Å². The molecule has 0 amide bonds. The standard InChI is InChI=1S/C26H32N3O10P/c1-17(2)38-25(31)34-15-36-40(33,37-16-35-26(32)39-18(3)4)14-19-6-8-20(9-7-19)28-22-10-12-27-23-21(22)11-13-29(5)24(23)30/h6-13,17-18H,14-16H2,1-5H3,(H,27,28). The Morgan fingerprint density at radius 2 is 1.50 bits per heavy atom. The number of fused-ring (bicyclic) bond motifs is 1. The van der Waals surface area contributed by atoms with Gasteiger partial charge >= 0.3 is 19.9 Å². The molecule has 2 heterocycles. The highest BCUT2D eigenvalue weighted by Crippen LogP contribution is 2.51. The molecule has 2 aromatic heterocycles. The zero-order valence-corrected chi connectivity index (χ0v) is 23.7. The normalized spacial score (nSPS) is 11.5. The molecule has 1 N–H and O–H groups in total. The third-order valence-electron chi connectivity index (χ3n) is 5.10. The van der Waals surface area contributed by atoms with Gasteiger partial charge in [-0.1, -0.05) is 12.1 Å². The zero-order chi connectivity index (χ0) is 29.3. The van der Waals surface area contributed by atoms with Gasteiger partial charge < -0.3 is 28.8 Å². The van der Waals surface area contributed by atoms with Crippen LogP contribution >= 0.6 is 7.60 Å². The van der Waals surface area contributed by atoms with E-state index < -0.39 is 45.7 Å². The fourth-order valence-electron chi connectivity index (χ4n) is 3.31.